The van der Waals surface area contributed by atoms with E-state index in [9.17, 15) is 9.36 Å². The molecule has 0 spiro atoms. The van der Waals surface area contributed by atoms with E-state index >= 15 is 0 Å². The Hall–Kier alpha value is -1.67. The minimum absolute atomic E-state index is 0.127. The molecule has 0 saturated carbocycles. The number of nitrogens with two attached hydrogens (primary N) is 1. The summed E-state index contributed by atoms with van der Waals surface area (Å²) < 4.78 is 26.8. The molecule has 1 aromatic heterocycles. The van der Waals surface area contributed by atoms with Gasteiger partial charge in [-0.15, -0.1) is 0 Å². The van der Waals surface area contributed by atoms with Gasteiger partial charge in [0.1, 0.15) is 18.2 Å². The van der Waals surface area contributed by atoms with Gasteiger partial charge < -0.3 is 15.4 Å². The van der Waals surface area contributed by atoms with Crippen molar-refractivity contribution in [3.8, 4) is 0 Å². The highest BCUT2D eigenvalue weighted by atomic mass is 31.2. The molecule has 0 aliphatic carbocycles. The van der Waals surface area contributed by atoms with Crippen LogP contribution in [0.5, 0.6) is 0 Å². The molecule has 1 aliphatic heterocycles. The highest BCUT2D eigenvalue weighted by Crippen LogP contribution is 2.43. The Morgan fingerprint density at radius 1 is 1.70 bits per heavy atom. The van der Waals surface area contributed by atoms with Crippen LogP contribution < -0.4 is 11.4 Å². The van der Waals surface area contributed by atoms with Crippen LogP contribution in [0.1, 0.15) is 12.6 Å². The lowest BCUT2D eigenvalue weighted by Gasteiger charge is -2.16. The molecule has 0 fully saturated rings. The average Bonchev–Trinajstić information content (AvgIpc) is 2.85. The average molecular weight is 303 g/mol. The molecule has 110 valence electrons. The van der Waals surface area contributed by atoms with E-state index in [0.29, 0.717) is 12.2 Å². The van der Waals surface area contributed by atoms with Crippen LogP contribution in [0, 0.1) is 0 Å². The van der Waals surface area contributed by atoms with Crippen molar-refractivity contribution in [2.45, 2.75) is 12.6 Å². The molecule has 10 heteroatoms. The minimum Gasteiger partial charge on any atom is -0.472 e. The summed E-state index contributed by atoms with van der Waals surface area (Å²) in [5.41, 5.74) is 4.86. The number of ether oxygens (including phenoxy) is 1. The van der Waals surface area contributed by atoms with E-state index in [-0.39, 0.29) is 12.4 Å². The van der Waals surface area contributed by atoms with Gasteiger partial charge in [-0.05, 0) is 12.1 Å². The Bertz CT molecular complexity index is 628. The first-order valence-corrected chi connectivity index (χ1v) is 7.14. The van der Waals surface area contributed by atoms with E-state index in [1.54, 1.807) is 6.08 Å². The molecule has 2 heterocycles. The Kier molecular flexibility index (Phi) is 4.24. The molecule has 1 unspecified atom stereocenters. The summed E-state index contributed by atoms with van der Waals surface area (Å²) in [5, 5.41) is 0. The van der Waals surface area contributed by atoms with Crippen LogP contribution in [0.4, 0.5) is 5.82 Å². The van der Waals surface area contributed by atoms with Crippen LogP contribution in [-0.2, 0) is 18.3 Å². The van der Waals surface area contributed by atoms with Crippen LogP contribution in [0.3, 0.4) is 0 Å². The maximum atomic E-state index is 11.6. The first-order chi connectivity index (χ1) is 9.41. The molecule has 2 atom stereocenters. The predicted molar refractivity (Wildman–Crippen MR) is 68.5 cm³/mol. The fourth-order valence-electron chi connectivity index (χ4n) is 1.61. The summed E-state index contributed by atoms with van der Waals surface area (Å²) in [4.78, 5) is 24.3. The largest absolute Gasteiger partial charge is 0.472 e. The fourth-order valence-corrected chi connectivity index (χ4v) is 2.01. The lowest BCUT2D eigenvalue weighted by atomic mass is 10.3. The molecular weight excluding hydrogens is 289 g/mol. The van der Waals surface area contributed by atoms with E-state index in [4.69, 9.17) is 15.4 Å². The van der Waals surface area contributed by atoms with Gasteiger partial charge in [0.25, 0.3) is 0 Å². The van der Waals surface area contributed by atoms with Gasteiger partial charge in [0.05, 0.1) is 0 Å². The lowest BCUT2D eigenvalue weighted by molar-refractivity contribution is 0.0562. The molecule has 0 bridgehead atoms. The van der Waals surface area contributed by atoms with Gasteiger partial charge in [-0.1, -0.05) is 0 Å². The molecular formula is C10H14N3O6P. The van der Waals surface area contributed by atoms with Crippen LogP contribution in [0.25, 0.3) is 0 Å². The van der Waals surface area contributed by atoms with E-state index in [1.165, 1.54) is 16.8 Å². The normalized spacial score (nSPS) is 21.1. The first kappa shape index (κ1) is 14.7. The summed E-state index contributed by atoms with van der Waals surface area (Å²) in [6.45, 7) is -0.227. The first-order valence-electron chi connectivity index (χ1n) is 5.65. The van der Waals surface area contributed by atoms with Gasteiger partial charge in [-0.25, -0.2) is 9.36 Å². The number of phosphoric acid groups is 1. The zero-order valence-corrected chi connectivity index (χ0v) is 11.5. The van der Waals surface area contributed by atoms with Gasteiger partial charge in [0.2, 0.25) is 0 Å². The topological polar surface area (TPSA) is 126 Å². The van der Waals surface area contributed by atoms with Crippen molar-refractivity contribution in [2.24, 2.45) is 0 Å². The number of aromatic nitrogens is 2. The van der Waals surface area contributed by atoms with Gasteiger partial charge in [0.15, 0.2) is 6.23 Å². The summed E-state index contributed by atoms with van der Waals surface area (Å²) in [6, 6.07) is 1.48. The Labute approximate surface area is 114 Å². The molecule has 0 saturated heterocycles. The van der Waals surface area contributed by atoms with Gasteiger partial charge in [-0.3, -0.25) is 13.6 Å². The number of phosphoric ester groups is 1. The van der Waals surface area contributed by atoms with Crippen LogP contribution >= 0.6 is 7.82 Å². The number of hydrogen-bond donors (Lipinski definition) is 2. The fraction of sp³-hybridized carbons (Fsp3) is 0.400. The van der Waals surface area contributed by atoms with Crippen LogP contribution in [0.2, 0.25) is 0 Å². The highest BCUT2D eigenvalue weighted by molar-refractivity contribution is 7.47. The Morgan fingerprint density at radius 3 is 3.10 bits per heavy atom. The number of hydrogen-bond acceptors (Lipinski definition) is 7. The van der Waals surface area contributed by atoms with Crippen molar-refractivity contribution in [3.63, 3.8) is 0 Å². The van der Waals surface area contributed by atoms with Crippen LogP contribution in [-0.4, -0.2) is 28.2 Å². The van der Waals surface area contributed by atoms with Crippen molar-refractivity contribution >= 4 is 13.6 Å². The van der Waals surface area contributed by atoms with E-state index in [1.807, 2.05) is 0 Å². The maximum Gasteiger partial charge on any atom is 0.472 e. The smallest absolute Gasteiger partial charge is 0.472 e. The number of nitrogens with zero attached hydrogens (tertiary/aromatic N) is 2. The quantitative estimate of drug-likeness (QED) is 0.748. The number of nitrogen functional groups attached to an aromatic ring is 1. The Balaban J connectivity index is 1.98. The molecule has 0 amide bonds. The second-order valence-corrected chi connectivity index (χ2v) is 5.51. The SMILES string of the molecule is COP(=O)(O)OCC1=CC[C@H](n2ccc(N)nc2=O)O1. The van der Waals surface area contributed by atoms with Crippen molar-refractivity contribution in [3.05, 3.63) is 34.6 Å². The van der Waals surface area contributed by atoms with Crippen molar-refractivity contribution < 1.29 is 23.2 Å². The lowest BCUT2D eigenvalue weighted by Crippen LogP contribution is -2.27. The van der Waals surface area contributed by atoms with E-state index in [2.05, 4.69) is 14.0 Å². The summed E-state index contributed by atoms with van der Waals surface area (Å²) in [7, 11) is -2.99. The second-order valence-electron chi connectivity index (χ2n) is 3.95. The molecule has 20 heavy (non-hydrogen) atoms. The predicted octanol–water partition coefficient (Wildman–Crippen LogP) is 0.392. The third-order valence-electron chi connectivity index (χ3n) is 2.60. The van der Waals surface area contributed by atoms with Crippen molar-refractivity contribution in [1.29, 1.82) is 0 Å². The maximum absolute atomic E-state index is 11.6. The van der Waals surface area contributed by atoms with Gasteiger partial charge in [-0.2, -0.15) is 4.98 Å². The Morgan fingerprint density at radius 2 is 2.45 bits per heavy atom. The van der Waals surface area contributed by atoms with E-state index in [0.717, 1.165) is 7.11 Å². The van der Waals surface area contributed by atoms with Crippen molar-refractivity contribution in [1.82, 2.24) is 9.55 Å². The van der Waals surface area contributed by atoms with E-state index < -0.39 is 19.7 Å². The summed E-state index contributed by atoms with van der Waals surface area (Å²) in [6.07, 6.45) is 2.96. The molecule has 1 aliphatic rings. The number of rotatable bonds is 5. The third kappa shape index (κ3) is 3.45. The highest BCUT2D eigenvalue weighted by Gasteiger charge is 2.25. The van der Waals surface area contributed by atoms with Crippen molar-refractivity contribution in [2.75, 3.05) is 19.5 Å². The molecule has 9 nitrogen and oxygen atoms in total. The minimum atomic E-state index is -4.05. The molecule has 0 aromatic carbocycles. The summed E-state index contributed by atoms with van der Waals surface area (Å²) in [5.74, 6) is 0.465. The molecule has 3 N–H and O–H groups in total. The second kappa shape index (κ2) is 5.76. The third-order valence-corrected chi connectivity index (χ3v) is 3.51. The van der Waals surface area contributed by atoms with Crippen LogP contribution in [0.15, 0.2) is 28.9 Å². The standard InChI is InChI=1S/C10H14N3O6P/c1-17-20(15,16)18-6-7-2-3-9(19-7)13-5-4-8(11)12-10(13)14/h2,4-5,9H,3,6H2,1H3,(H,15,16)(H2,11,12,14)/t9-/m1/s1. The zero-order chi connectivity index (χ0) is 14.8. The summed E-state index contributed by atoms with van der Waals surface area (Å²) >= 11 is 0. The molecule has 0 radical (unpaired) electrons. The molecule has 2 rings (SSSR count). The molecule has 1 aromatic rings. The number of anilines is 1. The van der Waals surface area contributed by atoms with Gasteiger partial charge in [0, 0.05) is 19.7 Å². The zero-order valence-electron chi connectivity index (χ0n) is 10.6. The monoisotopic (exact) mass is 303 g/mol. The van der Waals surface area contributed by atoms with Gasteiger partial charge >= 0.3 is 13.5 Å².